The second kappa shape index (κ2) is 6.41. The third kappa shape index (κ3) is 3.87. The normalized spacial score (nSPS) is 12.4. The van der Waals surface area contributed by atoms with Crippen molar-refractivity contribution in [1.29, 1.82) is 0 Å². The van der Waals surface area contributed by atoms with E-state index in [2.05, 4.69) is 71.4 Å². The van der Waals surface area contributed by atoms with Crippen LogP contribution in [0.25, 0.3) is 0 Å². The van der Waals surface area contributed by atoms with Crippen molar-refractivity contribution in [2.24, 2.45) is 5.73 Å². The van der Waals surface area contributed by atoms with E-state index < -0.39 is 0 Å². The second-order valence-electron chi connectivity index (χ2n) is 4.29. The van der Waals surface area contributed by atoms with Gasteiger partial charge in [0.1, 0.15) is 0 Å². The van der Waals surface area contributed by atoms with E-state index in [1.165, 1.54) is 16.0 Å². The Morgan fingerprint density at radius 1 is 1.17 bits per heavy atom. The minimum Gasteiger partial charge on any atom is -0.323 e. The molecule has 3 heteroatoms. The number of aryl methyl sites for hydroxylation is 1. The molecule has 0 aromatic heterocycles. The Balaban J connectivity index is 1.96. The van der Waals surface area contributed by atoms with Crippen LogP contribution in [0.5, 0.6) is 0 Å². The summed E-state index contributed by atoms with van der Waals surface area (Å²) in [4.78, 5) is 1.25. The zero-order valence-electron chi connectivity index (χ0n) is 10.3. The third-order valence-electron chi connectivity index (χ3n) is 2.71. The molecule has 0 saturated carbocycles. The van der Waals surface area contributed by atoms with Gasteiger partial charge in [0.2, 0.25) is 0 Å². The average Bonchev–Trinajstić information content (AvgIpc) is 2.38. The van der Waals surface area contributed by atoms with Crippen LogP contribution in [0.2, 0.25) is 0 Å². The Labute approximate surface area is 121 Å². The lowest BCUT2D eigenvalue weighted by molar-refractivity contribution is 0.830. The first-order chi connectivity index (χ1) is 8.65. The lowest BCUT2D eigenvalue weighted by atomic mass is 10.1. The summed E-state index contributed by atoms with van der Waals surface area (Å²) in [6.45, 7) is 2.10. The topological polar surface area (TPSA) is 26.0 Å². The van der Waals surface area contributed by atoms with Gasteiger partial charge in [0.05, 0.1) is 0 Å². The van der Waals surface area contributed by atoms with Gasteiger partial charge in [-0.05, 0) is 36.8 Å². The molecular formula is C15H16BrNS. The Hall–Kier alpha value is -0.770. The van der Waals surface area contributed by atoms with Crippen LogP contribution in [0.15, 0.2) is 57.9 Å². The van der Waals surface area contributed by atoms with E-state index >= 15 is 0 Å². The van der Waals surface area contributed by atoms with Crippen LogP contribution < -0.4 is 5.73 Å². The highest BCUT2D eigenvalue weighted by Gasteiger charge is 2.06. The van der Waals surface area contributed by atoms with Gasteiger partial charge < -0.3 is 5.73 Å². The number of hydrogen-bond donors (Lipinski definition) is 1. The zero-order valence-corrected chi connectivity index (χ0v) is 12.7. The number of hydrogen-bond acceptors (Lipinski definition) is 2. The first kappa shape index (κ1) is 13.7. The fraction of sp³-hybridized carbons (Fsp3) is 0.200. The van der Waals surface area contributed by atoms with Crippen LogP contribution in [-0.4, -0.2) is 5.75 Å². The molecule has 0 bridgehead atoms. The lowest BCUT2D eigenvalue weighted by Crippen LogP contribution is -2.12. The number of nitrogens with two attached hydrogens (primary N) is 1. The van der Waals surface area contributed by atoms with Gasteiger partial charge in [0, 0.05) is 21.2 Å². The van der Waals surface area contributed by atoms with Crippen LogP contribution >= 0.6 is 27.7 Å². The summed E-state index contributed by atoms with van der Waals surface area (Å²) in [6.07, 6.45) is 0. The minimum atomic E-state index is 0.0820. The van der Waals surface area contributed by atoms with Crippen molar-refractivity contribution in [2.45, 2.75) is 17.9 Å². The maximum Gasteiger partial charge on any atom is 0.0390 e. The van der Waals surface area contributed by atoms with E-state index in [1.54, 1.807) is 11.8 Å². The monoisotopic (exact) mass is 321 g/mol. The first-order valence-corrected chi connectivity index (χ1v) is 7.63. The van der Waals surface area contributed by atoms with Gasteiger partial charge in [-0.15, -0.1) is 11.8 Å². The quantitative estimate of drug-likeness (QED) is 0.836. The number of thioether (sulfide) groups is 1. The van der Waals surface area contributed by atoms with Crippen LogP contribution in [0.3, 0.4) is 0 Å². The summed E-state index contributed by atoms with van der Waals surface area (Å²) < 4.78 is 1.11. The van der Waals surface area contributed by atoms with E-state index in [0.29, 0.717) is 0 Å². The Bertz CT molecular complexity index is 510. The zero-order chi connectivity index (χ0) is 13.0. The van der Waals surface area contributed by atoms with Gasteiger partial charge in [-0.2, -0.15) is 0 Å². The second-order valence-corrected chi connectivity index (χ2v) is 6.29. The summed E-state index contributed by atoms with van der Waals surface area (Å²) in [6, 6.07) is 16.8. The van der Waals surface area contributed by atoms with E-state index in [-0.39, 0.29) is 6.04 Å². The molecule has 0 saturated heterocycles. The average molecular weight is 322 g/mol. The molecule has 0 aliphatic rings. The predicted molar refractivity (Wildman–Crippen MR) is 83.0 cm³/mol. The van der Waals surface area contributed by atoms with Gasteiger partial charge >= 0.3 is 0 Å². The van der Waals surface area contributed by atoms with Crippen molar-refractivity contribution < 1.29 is 0 Å². The SMILES string of the molecule is Cc1cccc(C(N)CSc2ccc(Br)cc2)c1. The van der Waals surface area contributed by atoms with Gasteiger partial charge in [-0.25, -0.2) is 0 Å². The molecule has 1 unspecified atom stereocenters. The van der Waals surface area contributed by atoms with Crippen molar-refractivity contribution in [3.8, 4) is 0 Å². The van der Waals surface area contributed by atoms with Crippen LogP contribution in [0, 0.1) is 6.92 Å². The molecule has 2 N–H and O–H groups in total. The molecule has 0 aliphatic carbocycles. The van der Waals surface area contributed by atoms with Gasteiger partial charge in [0.15, 0.2) is 0 Å². The van der Waals surface area contributed by atoms with Crippen LogP contribution in [0.4, 0.5) is 0 Å². The summed E-state index contributed by atoms with van der Waals surface area (Å²) in [7, 11) is 0. The molecule has 18 heavy (non-hydrogen) atoms. The standard InChI is InChI=1S/C15H16BrNS/c1-11-3-2-4-12(9-11)15(17)10-18-14-7-5-13(16)6-8-14/h2-9,15H,10,17H2,1H3. The molecule has 0 radical (unpaired) electrons. The number of benzene rings is 2. The molecule has 0 spiro atoms. The third-order valence-corrected chi connectivity index (χ3v) is 4.37. The molecule has 0 aliphatic heterocycles. The van der Waals surface area contributed by atoms with E-state index in [1.807, 2.05) is 0 Å². The summed E-state index contributed by atoms with van der Waals surface area (Å²) in [5.41, 5.74) is 8.68. The van der Waals surface area contributed by atoms with Gasteiger partial charge in [-0.3, -0.25) is 0 Å². The minimum absolute atomic E-state index is 0.0820. The molecule has 94 valence electrons. The van der Waals surface area contributed by atoms with Crippen molar-refractivity contribution in [3.05, 3.63) is 64.1 Å². The summed E-state index contributed by atoms with van der Waals surface area (Å²) >= 11 is 5.23. The Morgan fingerprint density at radius 2 is 1.89 bits per heavy atom. The van der Waals surface area contributed by atoms with Crippen molar-refractivity contribution >= 4 is 27.7 Å². The Kier molecular flexibility index (Phi) is 4.87. The predicted octanol–water partition coefficient (Wildman–Crippen LogP) is 4.55. The number of halogens is 1. The molecular weight excluding hydrogens is 306 g/mol. The molecule has 0 heterocycles. The molecule has 2 rings (SSSR count). The van der Waals surface area contributed by atoms with Crippen LogP contribution in [-0.2, 0) is 0 Å². The van der Waals surface area contributed by atoms with Gasteiger partial charge in [0.25, 0.3) is 0 Å². The van der Waals surface area contributed by atoms with E-state index in [0.717, 1.165) is 10.2 Å². The summed E-state index contributed by atoms with van der Waals surface area (Å²) in [5.74, 6) is 0.894. The highest BCUT2D eigenvalue weighted by atomic mass is 79.9. The largest absolute Gasteiger partial charge is 0.323 e. The molecule has 0 amide bonds. The lowest BCUT2D eigenvalue weighted by Gasteiger charge is -2.12. The fourth-order valence-electron chi connectivity index (χ4n) is 1.71. The molecule has 1 nitrogen and oxygen atoms in total. The smallest absolute Gasteiger partial charge is 0.0390 e. The maximum atomic E-state index is 6.21. The van der Waals surface area contributed by atoms with E-state index in [9.17, 15) is 0 Å². The van der Waals surface area contributed by atoms with Crippen molar-refractivity contribution in [1.82, 2.24) is 0 Å². The Morgan fingerprint density at radius 3 is 2.56 bits per heavy atom. The van der Waals surface area contributed by atoms with E-state index in [4.69, 9.17) is 5.73 Å². The first-order valence-electron chi connectivity index (χ1n) is 5.85. The molecule has 0 fully saturated rings. The fourth-order valence-corrected chi connectivity index (χ4v) is 2.87. The maximum absolute atomic E-state index is 6.21. The molecule has 1 atom stereocenters. The molecule has 2 aromatic carbocycles. The number of rotatable bonds is 4. The highest BCUT2D eigenvalue weighted by Crippen LogP contribution is 2.25. The molecule has 2 aromatic rings. The van der Waals surface area contributed by atoms with Crippen molar-refractivity contribution in [3.63, 3.8) is 0 Å². The van der Waals surface area contributed by atoms with Crippen LogP contribution in [0.1, 0.15) is 17.2 Å². The summed E-state index contributed by atoms with van der Waals surface area (Å²) in [5, 5.41) is 0. The van der Waals surface area contributed by atoms with Crippen molar-refractivity contribution in [2.75, 3.05) is 5.75 Å². The highest BCUT2D eigenvalue weighted by molar-refractivity contribution is 9.10. The van der Waals surface area contributed by atoms with Gasteiger partial charge in [-0.1, -0.05) is 45.8 Å².